The Balaban J connectivity index is 0.000000294. The van der Waals surface area contributed by atoms with Crippen LogP contribution in [0.4, 0.5) is 44.7 Å². The van der Waals surface area contributed by atoms with Crippen LogP contribution in [0, 0.1) is 82.2 Å². The number of aryl methyl sites for hydroxylation is 2. The van der Waals surface area contributed by atoms with Crippen molar-refractivity contribution < 1.29 is 92.5 Å². The number of nitrogens with zero attached hydrogens (tertiary/aromatic N) is 6. The number of nitrogens with one attached hydrogen (secondary N) is 2. The normalized spacial score (nSPS) is 16.3. The Morgan fingerprint density at radius 1 is 0.463 bits per heavy atom. The third kappa shape index (κ3) is 21.7. The minimum atomic E-state index is -0.835. The number of pyridine rings is 4. The van der Waals surface area contributed by atoms with Crippen LogP contribution in [-0.4, -0.2) is 105 Å². The van der Waals surface area contributed by atoms with Gasteiger partial charge in [-0.3, -0.25) is 19.9 Å². The summed E-state index contributed by atoms with van der Waals surface area (Å²) >= 11 is 0. The molecule has 16 rings (SSSR count). The third-order valence-corrected chi connectivity index (χ3v) is 20.1. The average molecular weight is 1590 g/mol. The van der Waals surface area contributed by atoms with Crippen LogP contribution in [0.2, 0.25) is 0 Å². The van der Waals surface area contributed by atoms with E-state index in [0.717, 1.165) is 188 Å². The second kappa shape index (κ2) is 39.6. The van der Waals surface area contributed by atoms with Gasteiger partial charge < -0.3 is 51.7 Å². The molecular formula is C84H109Cl2F8LiN8O4Zn. The number of amides is 2. The molecule has 4 aromatic heterocycles. The molecule has 4 aliphatic carbocycles. The van der Waals surface area contributed by atoms with Gasteiger partial charge in [-0.15, -0.1) is 24.8 Å². The minimum Gasteiger partial charge on any atom is -0.444 e. The second-order valence-electron chi connectivity index (χ2n) is 30.2. The van der Waals surface area contributed by atoms with E-state index in [0.29, 0.717) is 102 Å². The second-order valence-corrected chi connectivity index (χ2v) is 30.2. The maximum atomic E-state index is 14.7. The third-order valence-electron chi connectivity index (χ3n) is 20.1. The fraction of sp³-hybridized carbons (Fsp3) is 0.512. The molecule has 4 aromatic carbocycles. The van der Waals surface area contributed by atoms with Crippen LogP contribution >= 0.6 is 24.8 Å². The van der Waals surface area contributed by atoms with E-state index in [9.17, 15) is 44.7 Å². The van der Waals surface area contributed by atoms with Gasteiger partial charge in [0.25, 0.3) is 0 Å². The van der Waals surface area contributed by atoms with Gasteiger partial charge in [0.05, 0.1) is 22.1 Å². The van der Waals surface area contributed by atoms with E-state index < -0.39 is 57.7 Å². The number of fused-ring (bicyclic) bond motifs is 8. The monoisotopic (exact) mass is 1590 g/mol. The summed E-state index contributed by atoms with van der Waals surface area (Å²) in [6.07, 6.45) is 15.4. The van der Waals surface area contributed by atoms with E-state index in [1.165, 1.54) is 30.7 Å². The predicted octanol–water partition coefficient (Wildman–Crippen LogP) is 17.9. The predicted molar refractivity (Wildman–Crippen MR) is 416 cm³/mol. The molecule has 0 bridgehead atoms. The van der Waals surface area contributed by atoms with Gasteiger partial charge in [0.2, 0.25) is 0 Å². The number of hydrogen-bond donors (Lipinski definition) is 2. The van der Waals surface area contributed by atoms with Crippen molar-refractivity contribution in [3.63, 3.8) is 0 Å². The number of rotatable bonds is 5. The maximum Gasteiger partial charge on any atom is 2.00 e. The largest absolute Gasteiger partial charge is 2.00 e. The van der Waals surface area contributed by atoms with Crippen LogP contribution < -0.4 is 29.5 Å². The summed E-state index contributed by atoms with van der Waals surface area (Å²) in [5, 5.41) is 7.96. The molecule has 0 spiro atoms. The van der Waals surface area contributed by atoms with E-state index in [4.69, 9.17) is 29.4 Å². The number of ether oxygens (including phenoxy) is 2. The molecule has 0 unspecified atom stereocenters. The van der Waals surface area contributed by atoms with Crippen LogP contribution in [0.25, 0.3) is 43.6 Å². The Morgan fingerprint density at radius 2 is 0.759 bits per heavy atom. The van der Waals surface area contributed by atoms with Crippen LogP contribution in [0.3, 0.4) is 0 Å². The quantitative estimate of drug-likeness (QED) is 0.0974. The van der Waals surface area contributed by atoms with Gasteiger partial charge in [0.1, 0.15) is 11.2 Å². The summed E-state index contributed by atoms with van der Waals surface area (Å²) in [5.41, 5.74) is 14.2. The SMILES string of the molecule is C.C.CC(C)(C)OC(=O)N1CCc2cc3c(F)c(F)cc(C4CC4)c3nc2CC1.Cc1c2c(nc3c(C4CC4)cc(F)c(F)c13)CCN(C(=O)OC(C)(C)C)CC2.Cc1c2c(nc3c(C4CC4)cc(F)c(F)c13)CCNCC2.Cl.Cl.Fc1cc(C2CC2)c2nc3c(cc2c1F)CCNCC3.[CH2-]CCC.[CH3-].[CH3-].[Li+].[Zn+2]. The molecular weight excluding hydrogens is 1480 g/mol. The molecule has 582 valence electrons. The molecule has 108 heavy (non-hydrogen) atoms. The van der Waals surface area contributed by atoms with Crippen molar-refractivity contribution in [2.24, 2.45) is 0 Å². The van der Waals surface area contributed by atoms with Crippen LogP contribution in [-0.2, 0) is 80.3 Å². The molecule has 0 atom stereocenters. The summed E-state index contributed by atoms with van der Waals surface area (Å²) in [6, 6.07) is 8.87. The van der Waals surface area contributed by atoms with E-state index in [-0.39, 0.29) is 122 Å². The van der Waals surface area contributed by atoms with E-state index in [2.05, 4.69) is 24.5 Å². The Labute approximate surface area is 672 Å². The summed E-state index contributed by atoms with van der Waals surface area (Å²) in [7, 11) is 0. The standard InChI is InChI=1S/C22H26F2N2O2.C21H24F2N2O2.C17H18F2N2.C16H16F2N2.C4H9.2CH4.2CH3.2ClH.Li.Zn/c1-12-14-7-9-26(21(27)28-22(2,3)4)10-8-17(14)25-20-15(13-5-6-13)11-16(23)19(24)18(12)20;1-21(2,3)27-20(26)25-8-6-13-10-15-18(23)16(22)11-14(12-4-5-12)19(15)24-17(13)7-9-25;1-9-11-4-6-20-7-5-14(11)21-17-12(10-2-3-10)8-13(18)16(19)15(9)17;17-13-8-11(9-1-2-9)16-12(15(13)18)7-10-3-5-19-6-4-14(10)20-16;1-3-4-2;;;;;;;;/h11,13H,5-10H2,1-4H3;10-12H,4-9H2,1-3H3;8,10,20H,2-7H2,1H3;7-9,19H,1-6H2;1,3-4H2,2H3;2*1H4;2*1H3;2*1H;;/q;;;;-1;;;2*-1;;;+1;+2. The Bertz CT molecular complexity index is 4490. The summed E-state index contributed by atoms with van der Waals surface area (Å²) in [6.45, 7) is 26.0. The molecule has 8 aliphatic rings. The molecule has 8 heterocycles. The number of halogens is 10. The fourth-order valence-corrected chi connectivity index (χ4v) is 14.2. The van der Waals surface area contributed by atoms with Crippen molar-refractivity contribution in [3.8, 4) is 0 Å². The molecule has 4 fully saturated rings. The molecule has 0 radical (unpaired) electrons. The van der Waals surface area contributed by atoms with Crippen molar-refractivity contribution in [1.82, 2.24) is 40.4 Å². The van der Waals surface area contributed by atoms with E-state index in [1.807, 2.05) is 61.5 Å². The van der Waals surface area contributed by atoms with Gasteiger partial charge >= 0.3 is 50.5 Å². The van der Waals surface area contributed by atoms with E-state index in [1.54, 1.807) is 15.9 Å². The van der Waals surface area contributed by atoms with E-state index >= 15 is 0 Å². The first-order valence-electron chi connectivity index (χ1n) is 36.1. The summed E-state index contributed by atoms with van der Waals surface area (Å²) in [5.74, 6) is -4.97. The van der Waals surface area contributed by atoms with Gasteiger partial charge in [0.15, 0.2) is 46.5 Å². The van der Waals surface area contributed by atoms with Gasteiger partial charge in [-0.1, -0.05) is 28.2 Å². The van der Waals surface area contributed by atoms with Crippen molar-refractivity contribution >= 4 is 80.6 Å². The smallest absolute Gasteiger partial charge is 0.444 e. The Kier molecular flexibility index (Phi) is 34.7. The molecule has 0 saturated heterocycles. The first-order valence-corrected chi connectivity index (χ1v) is 36.1. The van der Waals surface area contributed by atoms with Crippen molar-refractivity contribution in [1.29, 1.82) is 0 Å². The number of carbonyl (C=O) groups excluding carboxylic acids is 2. The molecule has 4 aliphatic heterocycles. The molecule has 24 heteroatoms. The number of carbonyl (C=O) groups is 2. The van der Waals surface area contributed by atoms with Gasteiger partial charge in [-0.2, -0.15) is 6.42 Å². The zero-order valence-corrected chi connectivity index (χ0v) is 68.3. The molecule has 2 amide bonds. The van der Waals surface area contributed by atoms with Gasteiger partial charge in [-0.25, -0.2) is 44.7 Å². The molecule has 4 saturated carbocycles. The zero-order chi connectivity index (χ0) is 71.2. The molecule has 12 nitrogen and oxygen atoms in total. The van der Waals surface area contributed by atoms with Crippen LogP contribution in [0.1, 0.15) is 230 Å². The maximum absolute atomic E-state index is 14.7. The van der Waals surface area contributed by atoms with Crippen molar-refractivity contribution in [3.05, 3.63) is 183 Å². The summed E-state index contributed by atoms with van der Waals surface area (Å²) < 4.78 is 125. The Morgan fingerprint density at radius 3 is 1.15 bits per heavy atom. The number of unbranched alkanes of at least 4 members (excludes halogenated alkanes) is 1. The van der Waals surface area contributed by atoms with Crippen LogP contribution in [0.5, 0.6) is 0 Å². The number of hydrogen-bond acceptors (Lipinski definition) is 10. The molecule has 2 N–H and O–H groups in total. The van der Waals surface area contributed by atoms with Gasteiger partial charge in [0, 0.05) is 109 Å². The number of aromatic nitrogens is 4. The summed E-state index contributed by atoms with van der Waals surface area (Å²) in [4.78, 5) is 47.1. The minimum absolute atomic E-state index is 0. The number of benzene rings is 4. The topological polar surface area (TPSA) is 135 Å². The van der Waals surface area contributed by atoms with Gasteiger partial charge in [-0.05, 0) is 261 Å². The first-order chi connectivity index (χ1) is 47.7. The average Bonchev–Trinajstić information content (AvgIpc) is 1.75. The van der Waals surface area contributed by atoms with Crippen molar-refractivity contribution in [2.75, 3.05) is 52.4 Å². The molecule has 8 aromatic rings. The Hall–Kier alpha value is -5.78. The zero-order valence-electron chi connectivity index (χ0n) is 63.7. The van der Waals surface area contributed by atoms with Crippen LogP contribution in [0.15, 0.2) is 36.4 Å². The van der Waals surface area contributed by atoms with Crippen molar-refractivity contribution in [2.45, 2.75) is 228 Å². The first kappa shape index (κ1) is 94.6. The fourth-order valence-electron chi connectivity index (χ4n) is 14.2.